The normalized spacial score (nSPS) is 15.9. The van der Waals surface area contributed by atoms with Crippen molar-refractivity contribution >= 4 is 17.5 Å². The van der Waals surface area contributed by atoms with Gasteiger partial charge in [-0.05, 0) is 12.7 Å². The molecule has 0 spiro atoms. The van der Waals surface area contributed by atoms with Crippen LogP contribution < -0.4 is 0 Å². The van der Waals surface area contributed by atoms with Crippen molar-refractivity contribution in [3.8, 4) is 0 Å². The summed E-state index contributed by atoms with van der Waals surface area (Å²) in [5.74, 6) is -0.191. The second-order valence-electron chi connectivity index (χ2n) is 3.70. The number of fused-ring (bicyclic) bond motifs is 1. The van der Waals surface area contributed by atoms with Gasteiger partial charge >= 0.3 is 6.18 Å². The van der Waals surface area contributed by atoms with Gasteiger partial charge in [0.1, 0.15) is 5.78 Å². The Morgan fingerprint density at radius 3 is 2.53 bits per heavy atom. The number of carbonyl (C=O) groups excluding carboxylic acids is 1. The second-order valence-corrected chi connectivity index (χ2v) is 4.47. The summed E-state index contributed by atoms with van der Waals surface area (Å²) in [4.78, 5) is 18.8. The third kappa shape index (κ3) is 2.43. The fraction of sp³-hybridized carbons (Fsp3) is 0.500. The van der Waals surface area contributed by atoms with Gasteiger partial charge in [-0.25, -0.2) is 9.97 Å². The van der Waals surface area contributed by atoms with Gasteiger partial charge in [-0.15, -0.1) is 0 Å². The van der Waals surface area contributed by atoms with Crippen molar-refractivity contribution < 1.29 is 18.0 Å². The van der Waals surface area contributed by atoms with Crippen LogP contribution in [0, 0.1) is 0 Å². The topological polar surface area (TPSA) is 42.9 Å². The minimum Gasteiger partial charge on any atom is -0.299 e. The molecule has 1 heterocycles. The maximum absolute atomic E-state index is 12.8. The first-order valence-electron chi connectivity index (χ1n) is 4.94. The molecule has 1 aromatic heterocycles. The van der Waals surface area contributed by atoms with Crippen molar-refractivity contribution in [3.05, 3.63) is 17.0 Å². The standard InChI is InChI=1S/C10H9F3N2OS/c1-17-9-14-7-3-2-5(16)4-6(7)8(15-9)10(11,12)13/h2-4H2,1H3. The molecule has 0 saturated heterocycles. The number of Topliss-reactive ketones (excluding diaryl/α,β-unsaturated/α-hetero) is 1. The van der Waals surface area contributed by atoms with Crippen molar-refractivity contribution in [1.29, 1.82) is 0 Å². The molecular formula is C10H9F3N2OS. The summed E-state index contributed by atoms with van der Waals surface area (Å²) in [6, 6.07) is 0. The number of carbonyl (C=O) groups is 1. The summed E-state index contributed by atoms with van der Waals surface area (Å²) in [5, 5.41) is 0.102. The van der Waals surface area contributed by atoms with Gasteiger partial charge in [0.2, 0.25) is 0 Å². The third-order valence-electron chi connectivity index (χ3n) is 2.54. The molecule has 17 heavy (non-hydrogen) atoms. The quantitative estimate of drug-likeness (QED) is 0.575. The van der Waals surface area contributed by atoms with Gasteiger partial charge in [-0.1, -0.05) is 11.8 Å². The van der Waals surface area contributed by atoms with Crippen LogP contribution in [0.15, 0.2) is 5.16 Å². The third-order valence-corrected chi connectivity index (χ3v) is 3.09. The summed E-state index contributed by atoms with van der Waals surface area (Å²) in [5.41, 5.74) is -0.650. The molecule has 0 unspecified atom stereocenters. The maximum atomic E-state index is 12.8. The van der Waals surface area contributed by atoms with Crippen LogP contribution in [0.2, 0.25) is 0 Å². The number of halogens is 3. The maximum Gasteiger partial charge on any atom is 0.433 e. The lowest BCUT2D eigenvalue weighted by Gasteiger charge is -2.19. The SMILES string of the molecule is CSc1nc2c(c(C(F)(F)F)n1)CC(=O)CC2. The number of rotatable bonds is 1. The molecule has 1 aromatic rings. The number of hydrogen-bond donors (Lipinski definition) is 0. The fourth-order valence-corrected chi connectivity index (χ4v) is 2.15. The largest absolute Gasteiger partial charge is 0.433 e. The van der Waals surface area contributed by atoms with Gasteiger partial charge in [0.15, 0.2) is 10.9 Å². The molecular weight excluding hydrogens is 253 g/mol. The lowest BCUT2D eigenvalue weighted by Crippen LogP contribution is -2.23. The van der Waals surface area contributed by atoms with Crippen molar-refractivity contribution in [1.82, 2.24) is 9.97 Å². The van der Waals surface area contributed by atoms with Crippen molar-refractivity contribution in [2.24, 2.45) is 0 Å². The Kier molecular flexibility index (Phi) is 3.11. The van der Waals surface area contributed by atoms with Crippen LogP contribution in [0.1, 0.15) is 23.4 Å². The highest BCUT2D eigenvalue weighted by atomic mass is 32.2. The Morgan fingerprint density at radius 2 is 1.94 bits per heavy atom. The zero-order valence-corrected chi connectivity index (χ0v) is 9.78. The number of ketones is 1. The molecule has 0 fully saturated rings. The molecule has 0 aromatic carbocycles. The van der Waals surface area contributed by atoms with E-state index in [-0.39, 0.29) is 35.8 Å². The molecule has 0 atom stereocenters. The molecule has 2 rings (SSSR count). The van der Waals surface area contributed by atoms with E-state index in [9.17, 15) is 18.0 Å². The number of nitrogens with zero attached hydrogens (tertiary/aromatic N) is 2. The fourth-order valence-electron chi connectivity index (χ4n) is 1.77. The summed E-state index contributed by atoms with van der Waals surface area (Å²) >= 11 is 1.07. The number of hydrogen-bond acceptors (Lipinski definition) is 4. The summed E-state index contributed by atoms with van der Waals surface area (Å²) in [6.45, 7) is 0. The predicted octanol–water partition coefficient (Wildman–Crippen LogP) is 2.28. The minimum absolute atomic E-state index is 0.0495. The van der Waals surface area contributed by atoms with Gasteiger partial charge in [0.05, 0.1) is 0 Å². The Labute approximate surface area is 99.8 Å². The van der Waals surface area contributed by atoms with Gasteiger partial charge in [0, 0.05) is 24.1 Å². The van der Waals surface area contributed by atoms with E-state index < -0.39 is 11.9 Å². The lowest BCUT2D eigenvalue weighted by molar-refractivity contribution is -0.142. The highest BCUT2D eigenvalue weighted by Crippen LogP contribution is 2.34. The molecule has 1 aliphatic rings. The number of thioether (sulfide) groups is 1. The smallest absolute Gasteiger partial charge is 0.299 e. The Bertz CT molecular complexity index is 473. The van der Waals surface area contributed by atoms with Crippen LogP contribution in [0.3, 0.4) is 0 Å². The zero-order valence-electron chi connectivity index (χ0n) is 8.97. The van der Waals surface area contributed by atoms with E-state index in [1.807, 2.05) is 0 Å². The molecule has 0 N–H and O–H groups in total. The number of aromatic nitrogens is 2. The zero-order chi connectivity index (χ0) is 12.6. The number of alkyl halides is 3. The second kappa shape index (κ2) is 4.29. The van der Waals surface area contributed by atoms with E-state index in [0.717, 1.165) is 11.8 Å². The Hall–Kier alpha value is -1.11. The minimum atomic E-state index is -4.53. The molecule has 7 heteroatoms. The molecule has 1 aliphatic carbocycles. The van der Waals surface area contributed by atoms with Crippen molar-refractivity contribution in [2.75, 3.05) is 6.26 Å². The first kappa shape index (κ1) is 12.3. The summed E-state index contributed by atoms with van der Waals surface area (Å²) in [7, 11) is 0. The molecule has 92 valence electrons. The van der Waals surface area contributed by atoms with Crippen LogP contribution in [-0.2, 0) is 23.8 Å². The molecule has 0 aliphatic heterocycles. The Morgan fingerprint density at radius 1 is 1.24 bits per heavy atom. The van der Waals surface area contributed by atoms with E-state index in [1.54, 1.807) is 6.26 Å². The van der Waals surface area contributed by atoms with E-state index in [2.05, 4.69) is 9.97 Å². The molecule has 3 nitrogen and oxygen atoms in total. The molecule has 0 saturated carbocycles. The summed E-state index contributed by atoms with van der Waals surface area (Å²) in [6.07, 6.45) is -2.59. The number of aryl methyl sites for hydroxylation is 1. The van der Waals surface area contributed by atoms with E-state index >= 15 is 0 Å². The van der Waals surface area contributed by atoms with Gasteiger partial charge < -0.3 is 0 Å². The molecule has 0 amide bonds. The average molecular weight is 262 g/mol. The van der Waals surface area contributed by atoms with Crippen LogP contribution in [-0.4, -0.2) is 22.0 Å². The van der Waals surface area contributed by atoms with Gasteiger partial charge in [0.25, 0.3) is 0 Å². The van der Waals surface area contributed by atoms with Crippen molar-refractivity contribution in [2.45, 2.75) is 30.6 Å². The summed E-state index contributed by atoms with van der Waals surface area (Å²) < 4.78 is 38.4. The molecule has 0 radical (unpaired) electrons. The van der Waals surface area contributed by atoms with Crippen molar-refractivity contribution in [3.63, 3.8) is 0 Å². The highest BCUT2D eigenvalue weighted by Gasteiger charge is 2.38. The Balaban J connectivity index is 2.59. The average Bonchev–Trinajstić information content (AvgIpc) is 2.26. The first-order chi connectivity index (χ1) is 7.91. The molecule has 0 bridgehead atoms. The van der Waals surface area contributed by atoms with E-state index in [4.69, 9.17) is 0 Å². The van der Waals surface area contributed by atoms with E-state index in [1.165, 1.54) is 0 Å². The highest BCUT2D eigenvalue weighted by molar-refractivity contribution is 7.98. The first-order valence-corrected chi connectivity index (χ1v) is 6.17. The lowest BCUT2D eigenvalue weighted by atomic mass is 9.93. The van der Waals surface area contributed by atoms with Crippen LogP contribution in [0.25, 0.3) is 0 Å². The monoisotopic (exact) mass is 262 g/mol. The van der Waals surface area contributed by atoms with Crippen LogP contribution >= 0.6 is 11.8 Å². The van der Waals surface area contributed by atoms with Gasteiger partial charge in [-0.3, -0.25) is 4.79 Å². The van der Waals surface area contributed by atoms with Crippen LogP contribution in [0.4, 0.5) is 13.2 Å². The predicted molar refractivity (Wildman–Crippen MR) is 55.8 cm³/mol. The van der Waals surface area contributed by atoms with Crippen LogP contribution in [0.5, 0.6) is 0 Å². The van der Waals surface area contributed by atoms with Gasteiger partial charge in [-0.2, -0.15) is 13.2 Å². The van der Waals surface area contributed by atoms with E-state index in [0.29, 0.717) is 5.69 Å².